The first-order chi connectivity index (χ1) is 8.29. The lowest BCUT2D eigenvalue weighted by Gasteiger charge is -2.23. The van der Waals surface area contributed by atoms with Gasteiger partial charge < -0.3 is 20.5 Å². The van der Waals surface area contributed by atoms with E-state index in [1.54, 1.807) is 7.11 Å². The Morgan fingerprint density at radius 3 is 2.76 bits per heavy atom. The van der Waals surface area contributed by atoms with E-state index >= 15 is 0 Å². The number of hydrogen-bond acceptors (Lipinski definition) is 4. The summed E-state index contributed by atoms with van der Waals surface area (Å²) in [6, 6.07) is 5.48. The Bertz CT molecular complexity index is 362. The van der Waals surface area contributed by atoms with Crippen molar-refractivity contribution in [3.8, 4) is 11.5 Å². The van der Waals surface area contributed by atoms with E-state index in [0.717, 1.165) is 31.2 Å². The fourth-order valence-corrected chi connectivity index (χ4v) is 2.06. The fraction of sp³-hybridized carbons (Fsp3) is 0.538. The van der Waals surface area contributed by atoms with Crippen LogP contribution in [0.3, 0.4) is 0 Å². The Kier molecular flexibility index (Phi) is 4.09. The van der Waals surface area contributed by atoms with Gasteiger partial charge in [0, 0.05) is 11.8 Å². The smallest absolute Gasteiger partial charge is 0.163 e. The lowest BCUT2D eigenvalue weighted by Crippen LogP contribution is -2.30. The van der Waals surface area contributed by atoms with Gasteiger partial charge in [-0.3, -0.25) is 0 Å². The van der Waals surface area contributed by atoms with Gasteiger partial charge in [-0.25, -0.2) is 0 Å². The van der Waals surface area contributed by atoms with Crippen LogP contribution in [0, 0.1) is 5.92 Å². The second kappa shape index (κ2) is 5.77. The molecule has 4 heteroatoms. The number of anilines is 1. The molecule has 0 radical (unpaired) electrons. The molecule has 0 unspecified atom stereocenters. The molecular formula is C13H20N2O2. The highest BCUT2D eigenvalue weighted by Crippen LogP contribution is 2.29. The summed E-state index contributed by atoms with van der Waals surface area (Å²) < 4.78 is 11.1. The zero-order valence-corrected chi connectivity index (χ0v) is 10.2. The fourth-order valence-electron chi connectivity index (χ4n) is 2.06. The molecule has 1 fully saturated rings. The zero-order valence-electron chi connectivity index (χ0n) is 10.2. The number of nitrogens with one attached hydrogen (secondary N) is 1. The van der Waals surface area contributed by atoms with Gasteiger partial charge in [-0.05, 0) is 44.0 Å². The first-order valence-electron chi connectivity index (χ1n) is 6.06. The molecule has 0 saturated carbocycles. The van der Waals surface area contributed by atoms with Gasteiger partial charge >= 0.3 is 0 Å². The minimum absolute atomic E-state index is 0.627. The molecule has 1 heterocycles. The number of piperidine rings is 1. The highest BCUT2D eigenvalue weighted by atomic mass is 16.5. The number of rotatable bonds is 4. The molecule has 1 aliphatic heterocycles. The predicted molar refractivity (Wildman–Crippen MR) is 68.5 cm³/mol. The second-order valence-corrected chi connectivity index (χ2v) is 4.41. The normalized spacial score (nSPS) is 16.8. The molecule has 1 aliphatic rings. The van der Waals surface area contributed by atoms with Crippen molar-refractivity contribution in [3.63, 3.8) is 0 Å². The molecule has 4 nitrogen and oxygen atoms in total. The number of benzene rings is 1. The topological polar surface area (TPSA) is 56.5 Å². The van der Waals surface area contributed by atoms with Crippen LogP contribution in [-0.4, -0.2) is 26.8 Å². The standard InChI is InChI=1S/C13H20N2O2/c1-16-12-3-2-11(14)8-13(12)17-9-10-4-6-15-7-5-10/h2-3,8,10,15H,4-7,9,14H2,1H3. The van der Waals surface area contributed by atoms with Crippen LogP contribution >= 0.6 is 0 Å². The molecule has 2 rings (SSSR count). The van der Waals surface area contributed by atoms with Crippen molar-refractivity contribution in [1.82, 2.24) is 5.32 Å². The van der Waals surface area contributed by atoms with E-state index in [9.17, 15) is 0 Å². The maximum atomic E-state index is 5.82. The summed E-state index contributed by atoms with van der Waals surface area (Å²) in [7, 11) is 1.64. The van der Waals surface area contributed by atoms with Crippen molar-refractivity contribution in [3.05, 3.63) is 18.2 Å². The molecule has 94 valence electrons. The molecule has 0 aliphatic carbocycles. The molecule has 0 amide bonds. The number of nitrogen functional groups attached to an aromatic ring is 1. The van der Waals surface area contributed by atoms with Gasteiger partial charge in [-0.1, -0.05) is 0 Å². The van der Waals surface area contributed by atoms with Crippen LogP contribution in [-0.2, 0) is 0 Å². The first-order valence-corrected chi connectivity index (χ1v) is 6.06. The Balaban J connectivity index is 1.95. The Morgan fingerprint density at radius 2 is 2.06 bits per heavy atom. The molecule has 1 aromatic carbocycles. The van der Waals surface area contributed by atoms with Crippen molar-refractivity contribution >= 4 is 5.69 Å². The number of hydrogen-bond donors (Lipinski definition) is 2. The average molecular weight is 236 g/mol. The average Bonchev–Trinajstić information content (AvgIpc) is 2.38. The second-order valence-electron chi connectivity index (χ2n) is 4.41. The molecule has 0 spiro atoms. The highest BCUT2D eigenvalue weighted by molar-refractivity contribution is 5.51. The van der Waals surface area contributed by atoms with Gasteiger partial charge in [0.25, 0.3) is 0 Å². The predicted octanol–water partition coefficient (Wildman–Crippen LogP) is 1.66. The van der Waals surface area contributed by atoms with E-state index in [-0.39, 0.29) is 0 Å². The molecule has 0 bridgehead atoms. The lowest BCUT2D eigenvalue weighted by atomic mass is 9.99. The molecule has 3 N–H and O–H groups in total. The SMILES string of the molecule is COc1ccc(N)cc1OCC1CCNCC1. The monoisotopic (exact) mass is 236 g/mol. The summed E-state index contributed by atoms with van der Waals surface area (Å²) in [6.07, 6.45) is 2.34. The number of ether oxygens (including phenoxy) is 2. The molecule has 0 aromatic heterocycles. The molecule has 0 atom stereocenters. The van der Waals surface area contributed by atoms with Gasteiger partial charge in [-0.2, -0.15) is 0 Å². The van der Waals surface area contributed by atoms with Crippen LogP contribution in [0.15, 0.2) is 18.2 Å². The van der Waals surface area contributed by atoms with Gasteiger partial charge in [0.1, 0.15) is 0 Å². The maximum absolute atomic E-state index is 5.82. The highest BCUT2D eigenvalue weighted by Gasteiger charge is 2.14. The Morgan fingerprint density at radius 1 is 1.29 bits per heavy atom. The third kappa shape index (κ3) is 3.27. The minimum Gasteiger partial charge on any atom is -0.493 e. The molecular weight excluding hydrogens is 216 g/mol. The van der Waals surface area contributed by atoms with Crippen molar-refractivity contribution in [2.24, 2.45) is 5.92 Å². The molecule has 1 aromatic rings. The van der Waals surface area contributed by atoms with E-state index < -0.39 is 0 Å². The van der Waals surface area contributed by atoms with Crippen LogP contribution in [0.5, 0.6) is 11.5 Å². The van der Waals surface area contributed by atoms with Crippen molar-refractivity contribution < 1.29 is 9.47 Å². The van der Waals surface area contributed by atoms with Gasteiger partial charge in [0.05, 0.1) is 13.7 Å². The zero-order chi connectivity index (χ0) is 12.1. The van der Waals surface area contributed by atoms with Gasteiger partial charge in [0.2, 0.25) is 0 Å². The maximum Gasteiger partial charge on any atom is 0.163 e. The van der Waals surface area contributed by atoms with Crippen LogP contribution < -0.4 is 20.5 Å². The molecule has 1 saturated heterocycles. The van der Waals surface area contributed by atoms with Gasteiger partial charge in [-0.15, -0.1) is 0 Å². The summed E-state index contributed by atoms with van der Waals surface area (Å²) in [4.78, 5) is 0. The Labute approximate surface area is 102 Å². The summed E-state index contributed by atoms with van der Waals surface area (Å²) in [6.45, 7) is 2.91. The van der Waals surface area contributed by atoms with E-state index in [1.165, 1.54) is 12.8 Å². The quantitative estimate of drug-likeness (QED) is 0.781. The van der Waals surface area contributed by atoms with Crippen molar-refractivity contribution in [1.29, 1.82) is 0 Å². The summed E-state index contributed by atoms with van der Waals surface area (Å²) in [5, 5.41) is 3.34. The van der Waals surface area contributed by atoms with Crippen molar-refractivity contribution in [2.75, 3.05) is 32.5 Å². The summed E-state index contributed by atoms with van der Waals surface area (Å²) in [5.41, 5.74) is 6.45. The van der Waals surface area contributed by atoms with E-state index in [2.05, 4.69) is 5.32 Å². The summed E-state index contributed by atoms with van der Waals surface area (Å²) >= 11 is 0. The van der Waals surface area contributed by atoms with Crippen molar-refractivity contribution in [2.45, 2.75) is 12.8 Å². The molecule has 17 heavy (non-hydrogen) atoms. The largest absolute Gasteiger partial charge is 0.493 e. The Hall–Kier alpha value is -1.42. The van der Waals surface area contributed by atoms with E-state index in [1.807, 2.05) is 18.2 Å². The summed E-state index contributed by atoms with van der Waals surface area (Å²) in [5.74, 6) is 2.11. The minimum atomic E-state index is 0.627. The van der Waals surface area contributed by atoms with E-state index in [4.69, 9.17) is 15.2 Å². The van der Waals surface area contributed by atoms with Crippen LogP contribution in [0.25, 0.3) is 0 Å². The third-order valence-electron chi connectivity index (χ3n) is 3.12. The number of methoxy groups -OCH3 is 1. The first kappa shape index (κ1) is 12.0. The van der Waals surface area contributed by atoms with Gasteiger partial charge in [0.15, 0.2) is 11.5 Å². The van der Waals surface area contributed by atoms with Crippen LogP contribution in [0.2, 0.25) is 0 Å². The third-order valence-corrected chi connectivity index (χ3v) is 3.12. The lowest BCUT2D eigenvalue weighted by molar-refractivity contribution is 0.208. The van der Waals surface area contributed by atoms with E-state index in [0.29, 0.717) is 11.6 Å². The van der Waals surface area contributed by atoms with Crippen LogP contribution in [0.1, 0.15) is 12.8 Å². The van der Waals surface area contributed by atoms with Crippen LogP contribution in [0.4, 0.5) is 5.69 Å². The number of nitrogens with two attached hydrogens (primary N) is 1.